The predicted octanol–water partition coefficient (Wildman–Crippen LogP) is 1.86. The number of hydrogen-bond donors (Lipinski definition) is 4. The van der Waals surface area contributed by atoms with Crippen molar-refractivity contribution in [2.75, 3.05) is 65.1 Å². The molecule has 2 aromatic heterocycles. The number of aromatic nitrogens is 4. The van der Waals surface area contributed by atoms with Crippen LogP contribution >= 0.6 is 0 Å². The van der Waals surface area contributed by atoms with E-state index >= 15 is 0 Å². The number of hydrogen-bond acceptors (Lipinski definition) is 11. The molecule has 0 atom stereocenters. The molecule has 0 bridgehead atoms. The SMILES string of the molecule is CCCCOc1nc(N)c2nc(O)n(Cc3ccc(C(=O)NCCCOCCOCCOCCCN)cc3)c2n1. The Hall–Kier alpha value is -3.52. The normalized spacial score (nSPS) is 11.2. The van der Waals surface area contributed by atoms with E-state index in [1.807, 2.05) is 12.1 Å². The van der Waals surface area contributed by atoms with Gasteiger partial charge in [-0.05, 0) is 43.5 Å². The van der Waals surface area contributed by atoms with Gasteiger partial charge in [-0.2, -0.15) is 15.0 Å². The van der Waals surface area contributed by atoms with Gasteiger partial charge in [0.2, 0.25) is 0 Å². The fourth-order valence-corrected chi connectivity index (χ4v) is 3.66. The largest absolute Gasteiger partial charge is 0.480 e. The van der Waals surface area contributed by atoms with E-state index in [0.717, 1.165) is 24.8 Å². The summed E-state index contributed by atoms with van der Waals surface area (Å²) in [4.78, 5) is 25.1. The standard InChI is InChI=1S/C27H41N7O6/c1-2-3-14-40-26-32-23(29)22-24(33-26)34(27(36)31-22)19-20-6-8-21(9-7-20)25(35)30-11-5-13-38-16-18-39-17-15-37-12-4-10-28/h6-9H,2-5,10-19,28H2,1H3,(H,30,35)(H,31,36)(H2,29,32,33). The van der Waals surface area contributed by atoms with Gasteiger partial charge < -0.3 is 40.8 Å². The molecule has 0 aliphatic rings. The minimum absolute atomic E-state index is 0.135. The van der Waals surface area contributed by atoms with Gasteiger partial charge in [0, 0.05) is 25.3 Å². The molecule has 0 unspecified atom stereocenters. The first-order valence-electron chi connectivity index (χ1n) is 13.7. The summed E-state index contributed by atoms with van der Waals surface area (Å²) in [7, 11) is 0. The number of amides is 1. The molecule has 1 amide bonds. The predicted molar refractivity (Wildman–Crippen MR) is 150 cm³/mol. The van der Waals surface area contributed by atoms with E-state index in [2.05, 4.69) is 27.2 Å². The van der Waals surface area contributed by atoms with E-state index in [0.29, 0.717) is 82.5 Å². The highest BCUT2D eigenvalue weighted by Gasteiger charge is 2.17. The first-order chi connectivity index (χ1) is 19.5. The second-order valence-corrected chi connectivity index (χ2v) is 9.05. The highest BCUT2D eigenvalue weighted by molar-refractivity contribution is 5.94. The van der Waals surface area contributed by atoms with Crippen molar-refractivity contribution in [1.29, 1.82) is 0 Å². The Balaban J connectivity index is 1.39. The average molecular weight is 560 g/mol. The lowest BCUT2D eigenvalue weighted by molar-refractivity contribution is 0.0141. The van der Waals surface area contributed by atoms with Crippen molar-refractivity contribution in [2.45, 2.75) is 39.2 Å². The average Bonchev–Trinajstić information content (AvgIpc) is 3.27. The van der Waals surface area contributed by atoms with Crippen LogP contribution in [0.3, 0.4) is 0 Å². The summed E-state index contributed by atoms with van der Waals surface area (Å²) in [6.45, 7) is 7.18. The van der Waals surface area contributed by atoms with Crippen LogP contribution in [0.15, 0.2) is 24.3 Å². The fourth-order valence-electron chi connectivity index (χ4n) is 3.66. The Labute approximate surface area is 234 Å². The molecule has 3 aromatic rings. The van der Waals surface area contributed by atoms with Crippen molar-refractivity contribution < 1.29 is 28.8 Å². The molecular formula is C27H41N7O6. The Morgan fingerprint density at radius 3 is 2.27 bits per heavy atom. The second kappa shape index (κ2) is 17.2. The maximum atomic E-state index is 12.5. The summed E-state index contributed by atoms with van der Waals surface area (Å²) in [5.41, 5.74) is 13.5. The van der Waals surface area contributed by atoms with E-state index in [9.17, 15) is 9.90 Å². The molecule has 0 saturated heterocycles. The Kier molecular flexibility index (Phi) is 13.4. The van der Waals surface area contributed by atoms with E-state index in [1.54, 1.807) is 12.1 Å². The number of fused-ring (bicyclic) bond motifs is 1. The Bertz CT molecular complexity index is 1170. The smallest absolute Gasteiger partial charge is 0.320 e. The minimum atomic E-state index is -0.232. The lowest BCUT2D eigenvalue weighted by atomic mass is 10.1. The van der Waals surface area contributed by atoms with Gasteiger partial charge in [0.15, 0.2) is 17.0 Å². The van der Waals surface area contributed by atoms with Crippen molar-refractivity contribution in [3.05, 3.63) is 35.4 Å². The molecule has 6 N–H and O–H groups in total. The van der Waals surface area contributed by atoms with Crippen LogP contribution < -0.4 is 21.5 Å². The molecule has 1 aromatic carbocycles. The van der Waals surface area contributed by atoms with E-state index in [-0.39, 0.29) is 30.3 Å². The number of carbonyl (C=O) groups excluding carboxylic acids is 1. The summed E-state index contributed by atoms with van der Waals surface area (Å²) >= 11 is 0. The number of nitrogens with one attached hydrogen (secondary N) is 1. The molecule has 0 aliphatic carbocycles. The minimum Gasteiger partial charge on any atom is -0.480 e. The summed E-state index contributed by atoms with van der Waals surface area (Å²) in [6, 6.07) is 7.01. The van der Waals surface area contributed by atoms with Crippen molar-refractivity contribution >= 4 is 22.9 Å². The number of anilines is 1. The zero-order chi connectivity index (χ0) is 28.6. The number of nitrogens with two attached hydrogens (primary N) is 2. The molecule has 13 nitrogen and oxygen atoms in total. The van der Waals surface area contributed by atoms with Crippen LogP contribution in [0, 0.1) is 0 Å². The highest BCUT2D eigenvalue weighted by Crippen LogP contribution is 2.25. The molecule has 220 valence electrons. The van der Waals surface area contributed by atoms with Crippen LogP contribution in [-0.4, -0.2) is 89.9 Å². The van der Waals surface area contributed by atoms with Crippen LogP contribution in [0.5, 0.6) is 12.0 Å². The zero-order valence-corrected chi connectivity index (χ0v) is 23.1. The van der Waals surface area contributed by atoms with Crippen molar-refractivity contribution in [3.8, 4) is 12.0 Å². The van der Waals surface area contributed by atoms with Crippen molar-refractivity contribution in [1.82, 2.24) is 24.8 Å². The number of rotatable bonds is 20. The molecule has 2 heterocycles. The van der Waals surface area contributed by atoms with Crippen LogP contribution in [0.25, 0.3) is 11.2 Å². The second-order valence-electron chi connectivity index (χ2n) is 9.05. The van der Waals surface area contributed by atoms with Gasteiger partial charge in [0.1, 0.15) is 0 Å². The third-order valence-corrected chi connectivity index (χ3v) is 5.85. The van der Waals surface area contributed by atoms with Gasteiger partial charge in [-0.15, -0.1) is 0 Å². The monoisotopic (exact) mass is 559 g/mol. The summed E-state index contributed by atoms with van der Waals surface area (Å²) in [5, 5.41) is 13.3. The van der Waals surface area contributed by atoms with Crippen LogP contribution in [-0.2, 0) is 20.8 Å². The lowest BCUT2D eigenvalue weighted by Gasteiger charge is -2.09. The molecule has 0 radical (unpaired) electrons. The van der Waals surface area contributed by atoms with E-state index in [1.165, 1.54) is 4.57 Å². The number of carbonyl (C=O) groups is 1. The molecule has 0 fully saturated rings. The van der Waals surface area contributed by atoms with E-state index < -0.39 is 0 Å². The first kappa shape index (κ1) is 31.0. The molecular weight excluding hydrogens is 518 g/mol. The summed E-state index contributed by atoms with van der Waals surface area (Å²) < 4.78 is 23.4. The topological polar surface area (TPSA) is 182 Å². The third kappa shape index (κ3) is 9.90. The van der Waals surface area contributed by atoms with Gasteiger partial charge in [-0.3, -0.25) is 9.36 Å². The molecule has 40 heavy (non-hydrogen) atoms. The summed E-state index contributed by atoms with van der Waals surface area (Å²) in [5.74, 6) is -0.0362. The molecule has 0 aliphatic heterocycles. The molecule has 13 heteroatoms. The Morgan fingerprint density at radius 2 is 1.60 bits per heavy atom. The Morgan fingerprint density at radius 1 is 0.925 bits per heavy atom. The third-order valence-electron chi connectivity index (χ3n) is 5.85. The maximum absolute atomic E-state index is 12.5. The number of aromatic hydroxyl groups is 1. The number of benzene rings is 1. The maximum Gasteiger partial charge on any atom is 0.320 e. The lowest BCUT2D eigenvalue weighted by Crippen LogP contribution is -2.25. The number of nitrogen functional groups attached to an aromatic ring is 1. The molecule has 0 saturated carbocycles. The van der Waals surface area contributed by atoms with Gasteiger partial charge in [0.05, 0.1) is 39.6 Å². The van der Waals surface area contributed by atoms with Crippen LogP contribution in [0.1, 0.15) is 48.5 Å². The fraction of sp³-hybridized carbons (Fsp3) is 0.556. The van der Waals surface area contributed by atoms with Crippen LogP contribution in [0.4, 0.5) is 5.82 Å². The van der Waals surface area contributed by atoms with Gasteiger partial charge in [-0.25, -0.2) is 0 Å². The van der Waals surface area contributed by atoms with Gasteiger partial charge in [0.25, 0.3) is 11.9 Å². The van der Waals surface area contributed by atoms with E-state index in [4.69, 9.17) is 30.4 Å². The molecule has 3 rings (SSSR count). The number of nitrogens with zero attached hydrogens (tertiary/aromatic N) is 4. The van der Waals surface area contributed by atoms with Crippen LogP contribution in [0.2, 0.25) is 0 Å². The highest BCUT2D eigenvalue weighted by atomic mass is 16.5. The number of imidazole rings is 1. The first-order valence-corrected chi connectivity index (χ1v) is 13.7. The quantitative estimate of drug-likeness (QED) is 0.148. The number of ether oxygens (including phenoxy) is 4. The van der Waals surface area contributed by atoms with Gasteiger partial charge >= 0.3 is 6.01 Å². The zero-order valence-electron chi connectivity index (χ0n) is 23.1. The van der Waals surface area contributed by atoms with Gasteiger partial charge in [-0.1, -0.05) is 25.5 Å². The van der Waals surface area contributed by atoms with Crippen molar-refractivity contribution in [3.63, 3.8) is 0 Å². The summed E-state index contributed by atoms with van der Waals surface area (Å²) in [6.07, 6.45) is 3.38. The number of unbranched alkanes of at least 4 members (excludes halogenated alkanes) is 1. The molecule has 0 spiro atoms. The van der Waals surface area contributed by atoms with Crippen molar-refractivity contribution in [2.24, 2.45) is 5.73 Å².